The van der Waals surface area contributed by atoms with Crippen LogP contribution in [0.1, 0.15) is 24.1 Å². The second-order valence-electron chi connectivity index (χ2n) is 4.34. The van der Waals surface area contributed by atoms with Crippen LogP contribution >= 0.6 is 0 Å². The van der Waals surface area contributed by atoms with Crippen LogP contribution in [0.25, 0.3) is 0 Å². The smallest absolute Gasteiger partial charge is 0.133 e. The summed E-state index contributed by atoms with van der Waals surface area (Å²) in [7, 11) is 0. The molecule has 0 bridgehead atoms. The third kappa shape index (κ3) is 2.68. The summed E-state index contributed by atoms with van der Waals surface area (Å²) in [5, 5.41) is 0. The fourth-order valence-corrected chi connectivity index (χ4v) is 1.75. The van der Waals surface area contributed by atoms with Gasteiger partial charge in [0.05, 0.1) is 0 Å². The molecule has 0 fully saturated rings. The van der Waals surface area contributed by atoms with E-state index in [9.17, 15) is 4.39 Å². The predicted molar refractivity (Wildman–Crippen MR) is 70.3 cm³/mol. The Morgan fingerprint density at radius 3 is 2.56 bits per heavy atom. The van der Waals surface area contributed by atoms with Crippen LogP contribution in [0.2, 0.25) is 0 Å². The standard InChI is InChI=1S/C15H16FNO/c1-10-7-8-12(16)9-15(10)18-14-6-4-3-5-13(14)11(2)17/h3-9,11H,17H2,1-2H3/t11-/m0/s1. The molecule has 0 aliphatic heterocycles. The van der Waals surface area contributed by atoms with Gasteiger partial charge >= 0.3 is 0 Å². The predicted octanol–water partition coefficient (Wildman–Crippen LogP) is 3.95. The highest BCUT2D eigenvalue weighted by atomic mass is 19.1. The van der Waals surface area contributed by atoms with E-state index in [-0.39, 0.29) is 11.9 Å². The first-order valence-corrected chi connectivity index (χ1v) is 5.86. The Bertz CT molecular complexity index is 552. The lowest BCUT2D eigenvalue weighted by Crippen LogP contribution is -2.06. The number of hydrogen-bond acceptors (Lipinski definition) is 2. The monoisotopic (exact) mass is 245 g/mol. The molecule has 1 atom stereocenters. The van der Waals surface area contributed by atoms with Gasteiger partial charge in [0.2, 0.25) is 0 Å². The molecule has 0 radical (unpaired) electrons. The Morgan fingerprint density at radius 2 is 1.83 bits per heavy atom. The van der Waals surface area contributed by atoms with E-state index in [0.29, 0.717) is 11.5 Å². The van der Waals surface area contributed by atoms with Crippen molar-refractivity contribution < 1.29 is 9.13 Å². The van der Waals surface area contributed by atoms with Crippen molar-refractivity contribution in [2.24, 2.45) is 5.73 Å². The Labute approximate surface area is 106 Å². The summed E-state index contributed by atoms with van der Waals surface area (Å²) in [6, 6.07) is 11.9. The van der Waals surface area contributed by atoms with E-state index in [1.165, 1.54) is 12.1 Å². The highest BCUT2D eigenvalue weighted by Crippen LogP contribution is 2.30. The van der Waals surface area contributed by atoms with Gasteiger partial charge in [-0.25, -0.2) is 4.39 Å². The Morgan fingerprint density at radius 1 is 1.11 bits per heavy atom. The van der Waals surface area contributed by atoms with Gasteiger partial charge < -0.3 is 10.5 Å². The lowest BCUT2D eigenvalue weighted by molar-refractivity contribution is 0.463. The largest absolute Gasteiger partial charge is 0.457 e. The Hall–Kier alpha value is -1.87. The maximum atomic E-state index is 13.2. The minimum Gasteiger partial charge on any atom is -0.457 e. The van der Waals surface area contributed by atoms with Gasteiger partial charge in [-0.2, -0.15) is 0 Å². The third-order valence-corrected chi connectivity index (χ3v) is 2.78. The molecule has 3 heteroatoms. The zero-order valence-electron chi connectivity index (χ0n) is 10.5. The van der Waals surface area contributed by atoms with Gasteiger partial charge in [-0.15, -0.1) is 0 Å². The molecule has 2 aromatic carbocycles. The topological polar surface area (TPSA) is 35.2 Å². The van der Waals surface area contributed by atoms with Crippen molar-refractivity contribution in [3.8, 4) is 11.5 Å². The van der Waals surface area contributed by atoms with E-state index in [4.69, 9.17) is 10.5 Å². The van der Waals surface area contributed by atoms with Crippen LogP contribution in [0.15, 0.2) is 42.5 Å². The van der Waals surface area contributed by atoms with Crippen LogP contribution in [-0.2, 0) is 0 Å². The normalized spacial score (nSPS) is 12.2. The van der Waals surface area contributed by atoms with Crippen LogP contribution in [0.3, 0.4) is 0 Å². The summed E-state index contributed by atoms with van der Waals surface area (Å²) in [5.74, 6) is 0.873. The first-order valence-electron chi connectivity index (χ1n) is 5.86. The van der Waals surface area contributed by atoms with Crippen LogP contribution in [0.5, 0.6) is 11.5 Å². The molecule has 0 saturated heterocycles. The molecule has 0 unspecified atom stereocenters. The molecule has 2 N–H and O–H groups in total. The molecule has 0 spiro atoms. The van der Waals surface area contributed by atoms with Crippen molar-refractivity contribution in [2.75, 3.05) is 0 Å². The molecule has 0 heterocycles. The number of hydrogen-bond donors (Lipinski definition) is 1. The number of aryl methyl sites for hydroxylation is 1. The van der Waals surface area contributed by atoms with Gasteiger partial charge in [-0.3, -0.25) is 0 Å². The zero-order chi connectivity index (χ0) is 13.1. The molecule has 2 nitrogen and oxygen atoms in total. The maximum absolute atomic E-state index is 13.2. The molecule has 0 aliphatic carbocycles. The highest BCUT2D eigenvalue weighted by molar-refractivity contribution is 5.42. The lowest BCUT2D eigenvalue weighted by Gasteiger charge is -2.14. The molecule has 18 heavy (non-hydrogen) atoms. The average molecular weight is 245 g/mol. The fourth-order valence-electron chi connectivity index (χ4n) is 1.75. The molecule has 94 valence electrons. The summed E-state index contributed by atoms with van der Waals surface area (Å²) < 4.78 is 19.0. The zero-order valence-corrected chi connectivity index (χ0v) is 10.5. The van der Waals surface area contributed by atoms with Gasteiger partial charge in [0.15, 0.2) is 0 Å². The van der Waals surface area contributed by atoms with E-state index in [0.717, 1.165) is 11.1 Å². The SMILES string of the molecule is Cc1ccc(F)cc1Oc1ccccc1[C@H](C)N. The second kappa shape index (κ2) is 5.19. The number of nitrogens with two attached hydrogens (primary N) is 1. The van der Waals surface area contributed by atoms with Crippen LogP contribution in [0, 0.1) is 12.7 Å². The van der Waals surface area contributed by atoms with Crippen molar-refractivity contribution in [2.45, 2.75) is 19.9 Å². The van der Waals surface area contributed by atoms with Crippen molar-refractivity contribution in [3.63, 3.8) is 0 Å². The third-order valence-electron chi connectivity index (χ3n) is 2.78. The lowest BCUT2D eigenvalue weighted by atomic mass is 10.1. The molecule has 2 rings (SSSR count). The van der Waals surface area contributed by atoms with E-state index in [1.54, 1.807) is 6.07 Å². The minimum absolute atomic E-state index is 0.130. The second-order valence-corrected chi connectivity index (χ2v) is 4.34. The summed E-state index contributed by atoms with van der Waals surface area (Å²) in [5.41, 5.74) is 7.67. The van der Waals surface area contributed by atoms with E-state index in [2.05, 4.69) is 0 Å². The summed E-state index contributed by atoms with van der Waals surface area (Å²) in [6.07, 6.45) is 0. The van der Waals surface area contributed by atoms with E-state index >= 15 is 0 Å². The van der Waals surface area contributed by atoms with Crippen LogP contribution in [0.4, 0.5) is 4.39 Å². The van der Waals surface area contributed by atoms with Gasteiger partial charge in [0.25, 0.3) is 0 Å². The van der Waals surface area contributed by atoms with E-state index in [1.807, 2.05) is 38.1 Å². The number of ether oxygens (including phenoxy) is 1. The molecule has 0 amide bonds. The number of para-hydroxylation sites is 1. The summed E-state index contributed by atoms with van der Waals surface area (Å²) >= 11 is 0. The van der Waals surface area contributed by atoms with Crippen molar-refractivity contribution in [1.29, 1.82) is 0 Å². The van der Waals surface area contributed by atoms with E-state index < -0.39 is 0 Å². The maximum Gasteiger partial charge on any atom is 0.133 e. The molecule has 0 aliphatic rings. The van der Waals surface area contributed by atoms with Gasteiger partial charge in [0.1, 0.15) is 17.3 Å². The van der Waals surface area contributed by atoms with Crippen LogP contribution < -0.4 is 10.5 Å². The van der Waals surface area contributed by atoms with Crippen molar-refractivity contribution in [3.05, 3.63) is 59.4 Å². The Kier molecular flexibility index (Phi) is 3.63. The quantitative estimate of drug-likeness (QED) is 0.888. The summed E-state index contributed by atoms with van der Waals surface area (Å²) in [6.45, 7) is 3.77. The van der Waals surface area contributed by atoms with Crippen molar-refractivity contribution in [1.82, 2.24) is 0 Å². The molecule has 0 saturated carbocycles. The highest BCUT2D eigenvalue weighted by Gasteiger charge is 2.09. The summed E-state index contributed by atoms with van der Waals surface area (Å²) in [4.78, 5) is 0. The molecular formula is C15H16FNO. The van der Waals surface area contributed by atoms with Crippen molar-refractivity contribution >= 4 is 0 Å². The first kappa shape index (κ1) is 12.6. The van der Waals surface area contributed by atoms with Gasteiger partial charge in [-0.05, 0) is 31.5 Å². The Balaban J connectivity index is 2.37. The minimum atomic E-state index is -0.311. The van der Waals surface area contributed by atoms with Gasteiger partial charge in [0, 0.05) is 17.7 Å². The molecular weight excluding hydrogens is 229 g/mol. The first-order chi connectivity index (χ1) is 8.58. The molecule has 0 aromatic heterocycles. The molecule has 2 aromatic rings. The number of benzene rings is 2. The number of halogens is 1. The number of rotatable bonds is 3. The fraction of sp³-hybridized carbons (Fsp3) is 0.200. The van der Waals surface area contributed by atoms with Crippen LogP contribution in [-0.4, -0.2) is 0 Å². The average Bonchev–Trinajstić information content (AvgIpc) is 2.34. The van der Waals surface area contributed by atoms with Gasteiger partial charge in [-0.1, -0.05) is 24.3 Å².